The van der Waals surface area contributed by atoms with E-state index in [0.717, 1.165) is 18.6 Å². The van der Waals surface area contributed by atoms with Gasteiger partial charge in [0.25, 0.3) is 0 Å². The summed E-state index contributed by atoms with van der Waals surface area (Å²) in [5.41, 5.74) is 0. The Morgan fingerprint density at radius 1 is 1.59 bits per heavy atom. The molecule has 3 N–H and O–H groups in total. The van der Waals surface area contributed by atoms with Gasteiger partial charge in [0, 0.05) is 11.0 Å². The van der Waals surface area contributed by atoms with Crippen LogP contribution in [0.4, 0.5) is 4.79 Å². The Hall–Kier alpha value is -0.910. The third kappa shape index (κ3) is 2.86. The van der Waals surface area contributed by atoms with Gasteiger partial charge in [0.05, 0.1) is 18.0 Å². The summed E-state index contributed by atoms with van der Waals surface area (Å²) in [5, 5.41) is 15.1. The van der Waals surface area contributed by atoms with Crippen molar-refractivity contribution < 1.29 is 14.7 Å². The number of rotatable bonds is 5. The molecule has 0 aromatic heterocycles. The molecule has 6 heteroatoms. The molecular weight excluding hydrogens is 240 g/mol. The molecule has 0 saturated carbocycles. The molecule has 2 heterocycles. The second kappa shape index (κ2) is 5.16. The fraction of sp³-hybridized carbons (Fsp3) is 0.818. The van der Waals surface area contributed by atoms with Gasteiger partial charge < -0.3 is 15.7 Å². The van der Waals surface area contributed by atoms with Crippen molar-refractivity contribution in [3.05, 3.63) is 0 Å². The second-order valence-corrected chi connectivity index (χ2v) is 6.06. The van der Waals surface area contributed by atoms with Gasteiger partial charge in [0.15, 0.2) is 0 Å². The topological polar surface area (TPSA) is 78.4 Å². The number of aliphatic carboxylic acids is 1. The minimum absolute atomic E-state index is 0.0656. The van der Waals surface area contributed by atoms with Crippen LogP contribution in [-0.2, 0) is 4.79 Å². The molecule has 2 aliphatic heterocycles. The standard InChI is InChI=1S/C11H18N2O3S/c1-6(10(14)15)3-2-4-8-9-7(5-17-8)12-11(16)13-9/h6-9H,2-5H2,1H3,(H,14,15)(H2,12,13,16). The Morgan fingerprint density at radius 3 is 3.06 bits per heavy atom. The minimum Gasteiger partial charge on any atom is -0.481 e. The van der Waals surface area contributed by atoms with Gasteiger partial charge in [-0.05, 0) is 12.8 Å². The van der Waals surface area contributed by atoms with Crippen molar-refractivity contribution in [1.29, 1.82) is 0 Å². The molecule has 5 nitrogen and oxygen atoms in total. The Morgan fingerprint density at radius 2 is 2.35 bits per heavy atom. The Bertz CT molecular complexity index is 324. The van der Waals surface area contributed by atoms with Gasteiger partial charge in [-0.1, -0.05) is 13.3 Å². The lowest BCUT2D eigenvalue weighted by Crippen LogP contribution is -2.36. The molecule has 0 bridgehead atoms. The summed E-state index contributed by atoms with van der Waals surface area (Å²) in [5.74, 6) is -0.0333. The van der Waals surface area contributed by atoms with Gasteiger partial charge in [-0.25, -0.2) is 4.79 Å². The summed E-state index contributed by atoms with van der Waals surface area (Å²) in [6, 6.07) is 0.422. The highest BCUT2D eigenvalue weighted by molar-refractivity contribution is 8.00. The van der Waals surface area contributed by atoms with E-state index in [1.54, 1.807) is 6.92 Å². The molecule has 0 spiro atoms. The second-order valence-electron chi connectivity index (χ2n) is 4.79. The molecule has 0 aliphatic carbocycles. The summed E-state index contributed by atoms with van der Waals surface area (Å²) >= 11 is 1.87. The predicted molar refractivity (Wildman–Crippen MR) is 66.1 cm³/mol. The molecule has 96 valence electrons. The maximum Gasteiger partial charge on any atom is 0.315 e. The first-order chi connectivity index (χ1) is 8.08. The molecule has 0 radical (unpaired) electrons. The number of fused-ring (bicyclic) bond motifs is 1. The third-order valence-electron chi connectivity index (χ3n) is 3.49. The van der Waals surface area contributed by atoms with Gasteiger partial charge in [-0.15, -0.1) is 0 Å². The van der Waals surface area contributed by atoms with Crippen LogP contribution < -0.4 is 10.6 Å². The first kappa shape index (κ1) is 12.5. The van der Waals surface area contributed by atoms with E-state index in [1.165, 1.54) is 0 Å². The Kier molecular flexibility index (Phi) is 3.81. The first-order valence-corrected chi connectivity index (χ1v) is 7.04. The quantitative estimate of drug-likeness (QED) is 0.644. The molecule has 2 fully saturated rings. The van der Waals surface area contributed by atoms with Crippen LogP contribution in [0.15, 0.2) is 0 Å². The lowest BCUT2D eigenvalue weighted by molar-refractivity contribution is -0.141. The molecule has 4 unspecified atom stereocenters. The van der Waals surface area contributed by atoms with Crippen LogP contribution in [0.5, 0.6) is 0 Å². The lowest BCUT2D eigenvalue weighted by Gasteiger charge is -2.17. The van der Waals surface area contributed by atoms with Gasteiger partial charge in [0.1, 0.15) is 0 Å². The molecule has 2 rings (SSSR count). The number of carboxylic acids is 1. The van der Waals surface area contributed by atoms with Crippen LogP contribution in [0.25, 0.3) is 0 Å². The van der Waals surface area contributed by atoms with E-state index < -0.39 is 5.97 Å². The van der Waals surface area contributed by atoms with Crippen molar-refractivity contribution in [3.63, 3.8) is 0 Å². The summed E-state index contributed by atoms with van der Waals surface area (Å²) in [4.78, 5) is 21.8. The molecule has 4 atom stereocenters. The Labute approximate surface area is 105 Å². The zero-order chi connectivity index (χ0) is 12.4. The zero-order valence-electron chi connectivity index (χ0n) is 9.81. The van der Waals surface area contributed by atoms with E-state index in [-0.39, 0.29) is 24.0 Å². The van der Waals surface area contributed by atoms with Crippen LogP contribution in [0.1, 0.15) is 26.2 Å². The number of hydrogen-bond donors (Lipinski definition) is 3. The van der Waals surface area contributed by atoms with Crippen molar-refractivity contribution in [3.8, 4) is 0 Å². The summed E-state index contributed by atoms with van der Waals surface area (Å²) in [7, 11) is 0. The summed E-state index contributed by atoms with van der Waals surface area (Å²) in [6.07, 6.45) is 2.60. The maximum atomic E-state index is 11.2. The normalized spacial score (nSPS) is 32.8. The van der Waals surface area contributed by atoms with E-state index in [9.17, 15) is 9.59 Å². The molecule has 0 aromatic carbocycles. The van der Waals surface area contributed by atoms with Crippen molar-refractivity contribution in [2.45, 2.75) is 43.5 Å². The number of amides is 2. The average molecular weight is 258 g/mol. The molecule has 2 saturated heterocycles. The predicted octanol–water partition coefficient (Wildman–Crippen LogP) is 1.04. The van der Waals surface area contributed by atoms with E-state index in [0.29, 0.717) is 11.7 Å². The first-order valence-electron chi connectivity index (χ1n) is 5.99. The molecular formula is C11H18N2O3S. The van der Waals surface area contributed by atoms with E-state index in [4.69, 9.17) is 5.11 Å². The minimum atomic E-state index is -0.724. The monoisotopic (exact) mass is 258 g/mol. The van der Waals surface area contributed by atoms with Crippen LogP contribution >= 0.6 is 11.8 Å². The lowest BCUT2D eigenvalue weighted by atomic mass is 9.99. The van der Waals surface area contributed by atoms with Crippen molar-refractivity contribution in [2.75, 3.05) is 5.75 Å². The number of carbonyl (C=O) groups excluding carboxylic acids is 1. The average Bonchev–Trinajstić information content (AvgIpc) is 2.78. The van der Waals surface area contributed by atoms with E-state index in [1.807, 2.05) is 11.8 Å². The number of thioether (sulfide) groups is 1. The van der Waals surface area contributed by atoms with Crippen LogP contribution in [0, 0.1) is 5.92 Å². The fourth-order valence-corrected chi connectivity index (χ4v) is 3.94. The van der Waals surface area contributed by atoms with Crippen LogP contribution in [0.3, 0.4) is 0 Å². The largest absolute Gasteiger partial charge is 0.481 e. The van der Waals surface area contributed by atoms with Gasteiger partial charge in [0.2, 0.25) is 0 Å². The third-order valence-corrected chi connectivity index (χ3v) is 4.99. The van der Waals surface area contributed by atoms with Crippen molar-refractivity contribution in [1.82, 2.24) is 10.6 Å². The maximum absolute atomic E-state index is 11.2. The van der Waals surface area contributed by atoms with Crippen molar-refractivity contribution >= 4 is 23.8 Å². The number of nitrogens with one attached hydrogen (secondary N) is 2. The number of hydrogen-bond acceptors (Lipinski definition) is 3. The van der Waals surface area contributed by atoms with Gasteiger partial charge in [-0.2, -0.15) is 11.8 Å². The van der Waals surface area contributed by atoms with Crippen molar-refractivity contribution in [2.24, 2.45) is 5.92 Å². The highest BCUT2D eigenvalue weighted by atomic mass is 32.2. The van der Waals surface area contributed by atoms with E-state index in [2.05, 4.69) is 10.6 Å². The molecule has 2 aliphatic rings. The molecule has 17 heavy (non-hydrogen) atoms. The fourth-order valence-electron chi connectivity index (χ4n) is 2.39. The Balaban J connectivity index is 1.73. The molecule has 0 aromatic rings. The van der Waals surface area contributed by atoms with E-state index >= 15 is 0 Å². The smallest absolute Gasteiger partial charge is 0.315 e. The summed E-state index contributed by atoms with van der Waals surface area (Å²) < 4.78 is 0. The number of urea groups is 1. The number of carboxylic acid groups (broad SMARTS) is 1. The highest BCUT2D eigenvalue weighted by Crippen LogP contribution is 2.33. The van der Waals surface area contributed by atoms with Crippen LogP contribution in [-0.4, -0.2) is 40.2 Å². The van der Waals surface area contributed by atoms with Gasteiger partial charge in [-0.3, -0.25) is 4.79 Å². The number of carbonyl (C=O) groups is 2. The highest BCUT2D eigenvalue weighted by Gasteiger charge is 2.42. The molecule has 2 amide bonds. The van der Waals surface area contributed by atoms with Crippen LogP contribution in [0.2, 0.25) is 0 Å². The summed E-state index contributed by atoms with van der Waals surface area (Å²) in [6.45, 7) is 1.74. The SMILES string of the molecule is CC(CCCC1SCC2NC(=O)NC21)C(=O)O. The van der Waals surface area contributed by atoms with Gasteiger partial charge >= 0.3 is 12.0 Å². The zero-order valence-corrected chi connectivity index (χ0v) is 10.6.